The van der Waals surface area contributed by atoms with Crippen LogP contribution in [-0.4, -0.2) is 29.0 Å². The monoisotopic (exact) mass is 389 g/mol. The number of nitrogens with zero attached hydrogens (tertiary/aromatic N) is 1. The maximum atomic E-state index is 11.6. The third kappa shape index (κ3) is 8.17. The van der Waals surface area contributed by atoms with E-state index in [2.05, 4.69) is 35.9 Å². The van der Waals surface area contributed by atoms with E-state index >= 15 is 0 Å². The molecule has 3 atom stereocenters. The van der Waals surface area contributed by atoms with E-state index in [1.807, 2.05) is 45.1 Å². The van der Waals surface area contributed by atoms with Gasteiger partial charge in [-0.3, -0.25) is 10.1 Å². The number of allylic oxidation sites excluding steroid dienone is 3. The van der Waals surface area contributed by atoms with Crippen molar-refractivity contribution in [2.24, 2.45) is 11.3 Å². The molecule has 0 aromatic heterocycles. The van der Waals surface area contributed by atoms with Crippen molar-refractivity contribution >= 4 is 18.5 Å². The van der Waals surface area contributed by atoms with Gasteiger partial charge in [0.05, 0.1) is 17.2 Å². The van der Waals surface area contributed by atoms with Crippen LogP contribution in [0.5, 0.6) is 0 Å². The minimum atomic E-state index is -0.773. The van der Waals surface area contributed by atoms with E-state index in [1.54, 1.807) is 6.08 Å². The Morgan fingerprint density at radius 3 is 2.89 bits per heavy atom. The third-order valence-electron chi connectivity index (χ3n) is 4.58. The Morgan fingerprint density at radius 1 is 1.59 bits per heavy atom. The van der Waals surface area contributed by atoms with E-state index in [0.29, 0.717) is 12.8 Å². The topological polar surface area (TPSA) is 85.2 Å². The summed E-state index contributed by atoms with van der Waals surface area (Å²) < 4.78 is 0. The van der Waals surface area contributed by atoms with Gasteiger partial charge in [-0.25, -0.2) is 0 Å². The minimum absolute atomic E-state index is 0.0949. The molecular formula is C21H31N3O2S. The first-order valence-electron chi connectivity index (χ1n) is 9.16. The Kier molecular flexibility index (Phi) is 9.57. The minimum Gasteiger partial charge on any atom is -0.378 e. The summed E-state index contributed by atoms with van der Waals surface area (Å²) in [6, 6.07) is 2.20. The van der Waals surface area contributed by atoms with E-state index in [-0.39, 0.29) is 23.6 Å². The number of aliphatic hydroxyl groups is 1. The lowest BCUT2D eigenvalue weighted by molar-refractivity contribution is -0.117. The molecule has 6 heteroatoms. The number of hydrogen-bond acceptors (Lipinski definition) is 5. The van der Waals surface area contributed by atoms with Gasteiger partial charge in [0, 0.05) is 17.7 Å². The first-order valence-corrected chi connectivity index (χ1v) is 9.80. The van der Waals surface area contributed by atoms with Crippen LogP contribution in [0, 0.1) is 22.7 Å². The van der Waals surface area contributed by atoms with Crippen LogP contribution in [-0.2, 0) is 4.79 Å². The number of carbonyl (C=O) groups excluding carboxylic acids is 1. The Bertz CT molecular complexity index is 659. The van der Waals surface area contributed by atoms with Gasteiger partial charge < -0.3 is 10.4 Å². The standard InChI is InChI=1S/C21H31N3O2S/c1-5-6-7-16(10-11-21(3,4)14-22)20(26)23-17-9-8-15(2)18(12-17)24-19(25)13-27/h5-8,12,16-17,20,23,26-27H,1,9-11,13H2,2-4H3,(H,24,25)/b7-6-/t16-,17+,20-/m0/s1. The lowest BCUT2D eigenvalue weighted by atomic mass is 9.85. The van der Waals surface area contributed by atoms with Crippen molar-refractivity contribution in [1.29, 1.82) is 5.26 Å². The molecule has 0 bridgehead atoms. The molecule has 0 spiro atoms. The molecule has 1 aliphatic rings. The van der Waals surface area contributed by atoms with E-state index < -0.39 is 11.6 Å². The first-order chi connectivity index (χ1) is 12.7. The van der Waals surface area contributed by atoms with Crippen molar-refractivity contribution in [1.82, 2.24) is 10.6 Å². The van der Waals surface area contributed by atoms with Crippen LogP contribution in [0.1, 0.15) is 40.0 Å². The Labute approximate surface area is 168 Å². The van der Waals surface area contributed by atoms with Crippen LogP contribution in [0.15, 0.2) is 48.2 Å². The maximum absolute atomic E-state index is 11.6. The highest BCUT2D eigenvalue weighted by molar-refractivity contribution is 7.81. The van der Waals surface area contributed by atoms with Gasteiger partial charge in [-0.1, -0.05) is 30.9 Å². The van der Waals surface area contributed by atoms with E-state index in [0.717, 1.165) is 17.7 Å². The van der Waals surface area contributed by atoms with Crippen LogP contribution in [0.2, 0.25) is 0 Å². The number of hydrogen-bond donors (Lipinski definition) is 4. The van der Waals surface area contributed by atoms with Gasteiger partial charge in [0.2, 0.25) is 5.91 Å². The molecule has 27 heavy (non-hydrogen) atoms. The molecule has 0 aliphatic heterocycles. The second-order valence-corrected chi connectivity index (χ2v) is 7.76. The van der Waals surface area contributed by atoms with Crippen LogP contribution in [0.4, 0.5) is 0 Å². The fourth-order valence-electron chi connectivity index (χ4n) is 2.77. The molecule has 0 aromatic carbocycles. The number of amides is 1. The molecule has 5 nitrogen and oxygen atoms in total. The van der Waals surface area contributed by atoms with Crippen LogP contribution in [0.3, 0.4) is 0 Å². The third-order valence-corrected chi connectivity index (χ3v) is 4.87. The number of nitriles is 1. The van der Waals surface area contributed by atoms with Gasteiger partial charge >= 0.3 is 0 Å². The summed E-state index contributed by atoms with van der Waals surface area (Å²) in [5, 5.41) is 26.0. The zero-order valence-electron chi connectivity index (χ0n) is 16.4. The molecule has 1 amide bonds. The number of rotatable bonds is 10. The second kappa shape index (κ2) is 11.1. The van der Waals surface area contributed by atoms with Crippen molar-refractivity contribution in [3.05, 3.63) is 48.2 Å². The van der Waals surface area contributed by atoms with Crippen molar-refractivity contribution in [2.75, 3.05) is 5.75 Å². The van der Waals surface area contributed by atoms with Gasteiger partial charge in [-0.15, -0.1) is 0 Å². The van der Waals surface area contributed by atoms with E-state index in [9.17, 15) is 15.2 Å². The predicted octanol–water partition coefficient (Wildman–Crippen LogP) is 3.23. The number of carbonyl (C=O) groups is 1. The molecule has 1 rings (SSSR count). The summed E-state index contributed by atoms with van der Waals surface area (Å²) >= 11 is 3.98. The summed E-state index contributed by atoms with van der Waals surface area (Å²) in [4.78, 5) is 11.6. The molecule has 0 radical (unpaired) electrons. The Balaban J connectivity index is 2.80. The summed E-state index contributed by atoms with van der Waals surface area (Å²) in [6.45, 7) is 9.42. The van der Waals surface area contributed by atoms with Crippen molar-refractivity contribution < 1.29 is 9.90 Å². The van der Waals surface area contributed by atoms with Crippen LogP contribution < -0.4 is 10.6 Å². The predicted molar refractivity (Wildman–Crippen MR) is 113 cm³/mol. The van der Waals surface area contributed by atoms with Crippen molar-refractivity contribution in [3.63, 3.8) is 0 Å². The van der Waals surface area contributed by atoms with Crippen LogP contribution in [0.25, 0.3) is 0 Å². The number of nitrogens with one attached hydrogen (secondary N) is 2. The van der Waals surface area contributed by atoms with Crippen molar-refractivity contribution in [3.8, 4) is 6.07 Å². The fourth-order valence-corrected chi connectivity index (χ4v) is 2.85. The van der Waals surface area contributed by atoms with Gasteiger partial charge in [0.25, 0.3) is 0 Å². The summed E-state index contributed by atoms with van der Waals surface area (Å²) in [6.07, 6.45) is 10.7. The number of aliphatic hydroxyl groups excluding tert-OH is 1. The van der Waals surface area contributed by atoms with Crippen molar-refractivity contribution in [2.45, 2.75) is 52.3 Å². The Morgan fingerprint density at radius 2 is 2.30 bits per heavy atom. The lowest BCUT2D eigenvalue weighted by Gasteiger charge is -2.29. The zero-order chi connectivity index (χ0) is 20.4. The molecular weight excluding hydrogens is 358 g/mol. The number of thiol groups is 1. The SMILES string of the molecule is C=C/C=C\[C@@H](CCC(C)(C)C#N)[C@H](O)N[C@H]1C=C(NC(=O)CS)C(C)=CC1. The molecule has 1 aliphatic carbocycles. The molecule has 0 fully saturated rings. The lowest BCUT2D eigenvalue weighted by Crippen LogP contribution is -2.43. The largest absolute Gasteiger partial charge is 0.378 e. The quantitative estimate of drug-likeness (QED) is 0.263. The van der Waals surface area contributed by atoms with Gasteiger partial charge in [0.1, 0.15) is 6.23 Å². The zero-order valence-corrected chi connectivity index (χ0v) is 17.3. The van der Waals surface area contributed by atoms with Gasteiger partial charge in [-0.2, -0.15) is 17.9 Å². The summed E-state index contributed by atoms with van der Waals surface area (Å²) in [5.74, 6) is -0.190. The summed E-state index contributed by atoms with van der Waals surface area (Å²) in [7, 11) is 0. The smallest absolute Gasteiger partial charge is 0.234 e. The van der Waals surface area contributed by atoms with Gasteiger partial charge in [0.15, 0.2) is 0 Å². The molecule has 0 saturated heterocycles. The van der Waals surface area contributed by atoms with Crippen LogP contribution >= 0.6 is 12.6 Å². The molecule has 0 saturated carbocycles. The highest BCUT2D eigenvalue weighted by atomic mass is 32.1. The maximum Gasteiger partial charge on any atom is 0.234 e. The molecule has 3 N–H and O–H groups in total. The Hall–Kier alpha value is -1.81. The second-order valence-electron chi connectivity index (χ2n) is 7.45. The van der Waals surface area contributed by atoms with E-state index in [1.165, 1.54) is 0 Å². The molecule has 148 valence electrons. The van der Waals surface area contributed by atoms with E-state index in [4.69, 9.17) is 0 Å². The molecule has 0 aromatic rings. The average molecular weight is 390 g/mol. The first kappa shape index (κ1) is 23.2. The molecule has 0 unspecified atom stereocenters. The highest BCUT2D eigenvalue weighted by Gasteiger charge is 2.25. The van der Waals surface area contributed by atoms with Gasteiger partial charge in [-0.05, 0) is 51.7 Å². The summed E-state index contributed by atoms with van der Waals surface area (Å²) in [5.41, 5.74) is 1.31. The fraction of sp³-hybridized carbons (Fsp3) is 0.524. The normalized spacial score (nSPS) is 19.6. The average Bonchev–Trinajstić information content (AvgIpc) is 2.64. The highest BCUT2D eigenvalue weighted by Crippen LogP contribution is 2.26. The molecule has 0 heterocycles.